The van der Waals surface area contributed by atoms with E-state index in [1.165, 1.54) is 6.07 Å². The summed E-state index contributed by atoms with van der Waals surface area (Å²) in [5.74, 6) is -0.212. The molecule has 0 aliphatic rings. The zero-order valence-corrected chi connectivity index (χ0v) is 9.29. The molecule has 3 heteroatoms. The Kier molecular flexibility index (Phi) is 2.60. The number of aromatic nitrogens is 1. The van der Waals surface area contributed by atoms with Crippen LogP contribution in [-0.2, 0) is 0 Å². The van der Waals surface area contributed by atoms with E-state index in [0.29, 0.717) is 11.3 Å². The van der Waals surface area contributed by atoms with Crippen molar-refractivity contribution in [3.8, 4) is 11.3 Å². The third-order valence-electron chi connectivity index (χ3n) is 2.62. The van der Waals surface area contributed by atoms with Gasteiger partial charge in [0, 0.05) is 5.56 Å². The van der Waals surface area contributed by atoms with Crippen LogP contribution in [0.25, 0.3) is 11.3 Å². The van der Waals surface area contributed by atoms with E-state index in [1.807, 2.05) is 19.1 Å². The van der Waals surface area contributed by atoms with Crippen LogP contribution in [0.1, 0.15) is 11.1 Å². The summed E-state index contributed by atoms with van der Waals surface area (Å²) in [6, 6.07) is 6.84. The first kappa shape index (κ1) is 10.6. The molecule has 0 atom stereocenters. The first-order valence-corrected chi connectivity index (χ1v) is 5.07. The van der Waals surface area contributed by atoms with E-state index in [4.69, 9.17) is 5.73 Å². The Bertz CT molecular complexity index is 535. The summed E-state index contributed by atoms with van der Waals surface area (Å²) in [5.41, 5.74) is 9.42. The van der Waals surface area contributed by atoms with Crippen molar-refractivity contribution in [2.75, 3.05) is 5.73 Å². The molecular formula is C13H13FN2. The molecule has 0 unspecified atom stereocenters. The SMILES string of the molecule is Cc1cc(N)cnc1-c1cccc(F)c1C. The van der Waals surface area contributed by atoms with Crippen LogP contribution < -0.4 is 5.73 Å². The second-order valence-electron chi connectivity index (χ2n) is 3.85. The summed E-state index contributed by atoms with van der Waals surface area (Å²) in [6.45, 7) is 3.67. The molecule has 0 fully saturated rings. The van der Waals surface area contributed by atoms with Gasteiger partial charge in [0.2, 0.25) is 0 Å². The van der Waals surface area contributed by atoms with Gasteiger partial charge < -0.3 is 5.73 Å². The highest BCUT2D eigenvalue weighted by atomic mass is 19.1. The van der Waals surface area contributed by atoms with Gasteiger partial charge in [-0.15, -0.1) is 0 Å². The molecule has 1 aromatic carbocycles. The minimum atomic E-state index is -0.212. The van der Waals surface area contributed by atoms with Gasteiger partial charge in [-0.3, -0.25) is 4.98 Å². The number of nitrogens with two attached hydrogens (primary N) is 1. The Hall–Kier alpha value is -1.90. The average molecular weight is 216 g/mol. The van der Waals surface area contributed by atoms with Gasteiger partial charge in [-0.25, -0.2) is 4.39 Å². The molecule has 82 valence electrons. The lowest BCUT2D eigenvalue weighted by atomic mass is 10.0. The zero-order valence-electron chi connectivity index (χ0n) is 9.29. The van der Waals surface area contributed by atoms with E-state index < -0.39 is 0 Å². The van der Waals surface area contributed by atoms with Crippen LogP contribution in [0.4, 0.5) is 10.1 Å². The van der Waals surface area contributed by atoms with Crippen molar-refractivity contribution in [2.45, 2.75) is 13.8 Å². The molecule has 0 radical (unpaired) electrons. The lowest BCUT2D eigenvalue weighted by molar-refractivity contribution is 0.619. The van der Waals surface area contributed by atoms with Crippen LogP contribution in [-0.4, -0.2) is 4.98 Å². The molecule has 2 rings (SSSR count). The van der Waals surface area contributed by atoms with Crippen LogP contribution in [0.3, 0.4) is 0 Å². The Morgan fingerprint density at radius 1 is 1.25 bits per heavy atom. The minimum Gasteiger partial charge on any atom is -0.397 e. The molecule has 16 heavy (non-hydrogen) atoms. The number of rotatable bonds is 1. The molecule has 0 amide bonds. The van der Waals surface area contributed by atoms with Crippen molar-refractivity contribution in [1.29, 1.82) is 0 Å². The average Bonchev–Trinajstić information content (AvgIpc) is 2.23. The monoisotopic (exact) mass is 216 g/mol. The quantitative estimate of drug-likeness (QED) is 0.795. The van der Waals surface area contributed by atoms with Crippen molar-refractivity contribution in [3.05, 3.63) is 47.4 Å². The molecule has 2 N–H and O–H groups in total. The molecule has 0 aliphatic carbocycles. The molecule has 2 nitrogen and oxygen atoms in total. The van der Waals surface area contributed by atoms with Gasteiger partial charge in [0.1, 0.15) is 5.82 Å². The Morgan fingerprint density at radius 3 is 2.69 bits per heavy atom. The first-order chi connectivity index (χ1) is 7.59. The topological polar surface area (TPSA) is 38.9 Å². The van der Waals surface area contributed by atoms with Gasteiger partial charge in [-0.2, -0.15) is 0 Å². The van der Waals surface area contributed by atoms with Crippen LogP contribution in [0.2, 0.25) is 0 Å². The number of aryl methyl sites for hydroxylation is 1. The Labute approximate surface area is 93.9 Å². The van der Waals surface area contributed by atoms with E-state index >= 15 is 0 Å². The summed E-state index contributed by atoms with van der Waals surface area (Å²) < 4.78 is 13.4. The largest absolute Gasteiger partial charge is 0.397 e. The molecule has 0 saturated heterocycles. The summed E-state index contributed by atoms with van der Waals surface area (Å²) >= 11 is 0. The fourth-order valence-electron chi connectivity index (χ4n) is 1.74. The van der Waals surface area contributed by atoms with Crippen LogP contribution in [0.5, 0.6) is 0 Å². The predicted molar refractivity (Wildman–Crippen MR) is 63.5 cm³/mol. The third kappa shape index (κ3) is 1.76. The highest BCUT2D eigenvalue weighted by Gasteiger charge is 2.09. The standard InChI is InChI=1S/C13H13FN2/c1-8-6-10(15)7-16-13(8)11-4-3-5-12(14)9(11)2/h3-7H,15H2,1-2H3. The number of benzene rings is 1. The Balaban J connectivity index is 2.63. The fraction of sp³-hybridized carbons (Fsp3) is 0.154. The van der Waals surface area contributed by atoms with E-state index in [-0.39, 0.29) is 5.82 Å². The van der Waals surface area contributed by atoms with Gasteiger partial charge in [0.15, 0.2) is 0 Å². The molecule has 0 spiro atoms. The van der Waals surface area contributed by atoms with Crippen molar-refractivity contribution >= 4 is 5.69 Å². The van der Waals surface area contributed by atoms with Crippen molar-refractivity contribution in [2.24, 2.45) is 0 Å². The molecular weight excluding hydrogens is 203 g/mol. The second-order valence-corrected chi connectivity index (χ2v) is 3.85. The normalized spacial score (nSPS) is 10.4. The summed E-state index contributed by atoms with van der Waals surface area (Å²) in [7, 11) is 0. The molecule has 1 heterocycles. The number of nitrogen functional groups attached to an aromatic ring is 1. The molecule has 2 aromatic rings. The summed E-state index contributed by atoms with van der Waals surface area (Å²) in [5, 5.41) is 0. The highest BCUT2D eigenvalue weighted by Crippen LogP contribution is 2.26. The summed E-state index contributed by atoms with van der Waals surface area (Å²) in [4.78, 5) is 4.26. The maximum atomic E-state index is 13.4. The van der Waals surface area contributed by atoms with Crippen LogP contribution >= 0.6 is 0 Å². The van der Waals surface area contributed by atoms with Crippen LogP contribution in [0.15, 0.2) is 30.5 Å². The smallest absolute Gasteiger partial charge is 0.126 e. The van der Waals surface area contributed by atoms with E-state index in [1.54, 1.807) is 19.2 Å². The van der Waals surface area contributed by atoms with Gasteiger partial charge in [-0.1, -0.05) is 12.1 Å². The predicted octanol–water partition coefficient (Wildman–Crippen LogP) is 3.09. The van der Waals surface area contributed by atoms with E-state index in [2.05, 4.69) is 4.98 Å². The number of nitrogens with zero attached hydrogens (tertiary/aromatic N) is 1. The van der Waals surface area contributed by atoms with E-state index in [0.717, 1.165) is 16.8 Å². The number of halogens is 1. The molecule has 1 aromatic heterocycles. The maximum Gasteiger partial charge on any atom is 0.126 e. The molecule has 0 saturated carbocycles. The second kappa shape index (κ2) is 3.93. The number of hydrogen-bond donors (Lipinski definition) is 1. The lowest BCUT2D eigenvalue weighted by Gasteiger charge is -2.09. The number of hydrogen-bond acceptors (Lipinski definition) is 2. The van der Waals surface area contributed by atoms with Crippen molar-refractivity contribution in [3.63, 3.8) is 0 Å². The zero-order chi connectivity index (χ0) is 11.7. The maximum absolute atomic E-state index is 13.4. The van der Waals surface area contributed by atoms with Gasteiger partial charge >= 0.3 is 0 Å². The Morgan fingerprint density at radius 2 is 2.00 bits per heavy atom. The fourth-order valence-corrected chi connectivity index (χ4v) is 1.74. The van der Waals surface area contributed by atoms with Crippen molar-refractivity contribution in [1.82, 2.24) is 4.98 Å². The van der Waals surface area contributed by atoms with Crippen LogP contribution in [0, 0.1) is 19.7 Å². The number of pyridine rings is 1. The lowest BCUT2D eigenvalue weighted by Crippen LogP contribution is -1.95. The number of anilines is 1. The van der Waals surface area contributed by atoms with E-state index in [9.17, 15) is 4.39 Å². The highest BCUT2D eigenvalue weighted by molar-refractivity contribution is 5.68. The third-order valence-corrected chi connectivity index (χ3v) is 2.62. The van der Waals surface area contributed by atoms with Gasteiger partial charge in [0.05, 0.1) is 17.6 Å². The summed E-state index contributed by atoms with van der Waals surface area (Å²) in [6.07, 6.45) is 1.59. The van der Waals surface area contributed by atoms with Crippen molar-refractivity contribution < 1.29 is 4.39 Å². The van der Waals surface area contributed by atoms with Gasteiger partial charge in [0.25, 0.3) is 0 Å². The molecule has 0 bridgehead atoms. The minimum absolute atomic E-state index is 0.212. The van der Waals surface area contributed by atoms with Gasteiger partial charge in [-0.05, 0) is 37.1 Å². The molecule has 0 aliphatic heterocycles. The first-order valence-electron chi connectivity index (χ1n) is 5.07.